The summed E-state index contributed by atoms with van der Waals surface area (Å²) >= 11 is 6.44. The van der Waals surface area contributed by atoms with Gasteiger partial charge >= 0.3 is 11.9 Å². The Bertz CT molecular complexity index is 680. The van der Waals surface area contributed by atoms with Crippen molar-refractivity contribution in [2.24, 2.45) is 11.8 Å². The lowest BCUT2D eigenvalue weighted by atomic mass is 9.92. The maximum Gasteiger partial charge on any atom is 0.339 e. The molecular weight excluding hydrogens is 388 g/mol. The molecule has 4 nitrogen and oxygen atoms in total. The van der Waals surface area contributed by atoms with E-state index in [-0.39, 0.29) is 5.56 Å². The average molecular weight is 425 g/mol. The SMILES string of the molecule is CCc1c(Cl)cc(C(=O)OCCCC(C)C)c(C(=O)OCCCC(C)C)c1CC. The summed E-state index contributed by atoms with van der Waals surface area (Å²) in [6.45, 7) is 13.1. The molecule has 0 aliphatic rings. The molecule has 1 aromatic carbocycles. The molecule has 0 radical (unpaired) electrons. The van der Waals surface area contributed by atoms with E-state index in [1.54, 1.807) is 6.07 Å². The second-order valence-corrected chi connectivity index (χ2v) is 8.70. The first-order valence-corrected chi connectivity index (χ1v) is 11.3. The van der Waals surface area contributed by atoms with Crippen molar-refractivity contribution in [2.75, 3.05) is 13.2 Å². The van der Waals surface area contributed by atoms with Crippen LogP contribution in [0.5, 0.6) is 0 Å². The quantitative estimate of drug-likeness (QED) is 0.278. The third-order valence-corrected chi connectivity index (χ3v) is 5.28. The lowest BCUT2D eigenvalue weighted by Crippen LogP contribution is -2.19. The largest absolute Gasteiger partial charge is 0.462 e. The summed E-state index contributed by atoms with van der Waals surface area (Å²) in [6, 6.07) is 1.56. The van der Waals surface area contributed by atoms with Crippen molar-refractivity contribution in [3.8, 4) is 0 Å². The van der Waals surface area contributed by atoms with E-state index in [2.05, 4.69) is 27.7 Å². The molecule has 29 heavy (non-hydrogen) atoms. The van der Waals surface area contributed by atoms with Crippen molar-refractivity contribution in [2.45, 2.75) is 80.1 Å². The van der Waals surface area contributed by atoms with Gasteiger partial charge < -0.3 is 9.47 Å². The Labute approximate surface area is 181 Å². The van der Waals surface area contributed by atoms with Crippen LogP contribution in [0.2, 0.25) is 5.02 Å². The van der Waals surface area contributed by atoms with Crippen molar-refractivity contribution in [3.05, 3.63) is 33.3 Å². The summed E-state index contributed by atoms with van der Waals surface area (Å²) in [4.78, 5) is 25.7. The molecule has 0 N–H and O–H groups in total. The van der Waals surface area contributed by atoms with Crippen LogP contribution in [0.4, 0.5) is 0 Å². The Kier molecular flexibility index (Phi) is 11.3. The number of halogens is 1. The van der Waals surface area contributed by atoms with Gasteiger partial charge in [0.1, 0.15) is 0 Å². The molecule has 0 aliphatic carbocycles. The number of benzene rings is 1. The fourth-order valence-corrected chi connectivity index (χ4v) is 3.73. The fourth-order valence-electron chi connectivity index (χ4n) is 3.37. The maximum absolute atomic E-state index is 12.9. The Morgan fingerprint density at radius 3 is 1.79 bits per heavy atom. The van der Waals surface area contributed by atoms with Crippen LogP contribution in [-0.2, 0) is 22.3 Å². The minimum absolute atomic E-state index is 0.211. The van der Waals surface area contributed by atoms with Crippen molar-refractivity contribution in [1.82, 2.24) is 0 Å². The molecule has 0 fully saturated rings. The lowest BCUT2D eigenvalue weighted by Gasteiger charge is -2.18. The molecule has 0 saturated heterocycles. The normalized spacial score (nSPS) is 11.2. The predicted molar refractivity (Wildman–Crippen MR) is 119 cm³/mol. The maximum atomic E-state index is 12.9. The van der Waals surface area contributed by atoms with Crippen molar-refractivity contribution in [3.63, 3.8) is 0 Å². The second-order valence-electron chi connectivity index (χ2n) is 8.29. The highest BCUT2D eigenvalue weighted by atomic mass is 35.5. The molecule has 0 aliphatic heterocycles. The number of esters is 2. The minimum Gasteiger partial charge on any atom is -0.462 e. The minimum atomic E-state index is -0.512. The van der Waals surface area contributed by atoms with Gasteiger partial charge in [0, 0.05) is 5.02 Å². The zero-order chi connectivity index (χ0) is 22.0. The Balaban J connectivity index is 3.11. The van der Waals surface area contributed by atoms with Crippen LogP contribution >= 0.6 is 11.6 Å². The van der Waals surface area contributed by atoms with Gasteiger partial charge in [0.2, 0.25) is 0 Å². The summed E-state index contributed by atoms with van der Waals surface area (Å²) in [5.41, 5.74) is 2.19. The van der Waals surface area contributed by atoms with Gasteiger partial charge in [0.25, 0.3) is 0 Å². The zero-order valence-electron chi connectivity index (χ0n) is 18.9. The topological polar surface area (TPSA) is 52.6 Å². The molecule has 0 amide bonds. The van der Waals surface area contributed by atoms with Crippen LogP contribution in [0, 0.1) is 11.8 Å². The lowest BCUT2D eigenvalue weighted by molar-refractivity contribution is 0.0446. The number of carbonyl (C=O) groups is 2. The van der Waals surface area contributed by atoms with Gasteiger partial charge in [-0.2, -0.15) is 0 Å². The Hall–Kier alpha value is -1.55. The smallest absolute Gasteiger partial charge is 0.339 e. The number of rotatable bonds is 12. The first kappa shape index (κ1) is 25.5. The molecule has 0 unspecified atom stereocenters. The Morgan fingerprint density at radius 2 is 1.34 bits per heavy atom. The fraction of sp³-hybridized carbons (Fsp3) is 0.667. The van der Waals surface area contributed by atoms with Crippen molar-refractivity contribution in [1.29, 1.82) is 0 Å². The molecule has 0 aromatic heterocycles. The highest BCUT2D eigenvalue weighted by molar-refractivity contribution is 6.32. The van der Waals surface area contributed by atoms with Gasteiger partial charge in [0.15, 0.2) is 0 Å². The number of hydrogen-bond donors (Lipinski definition) is 0. The zero-order valence-corrected chi connectivity index (χ0v) is 19.7. The van der Waals surface area contributed by atoms with Crippen molar-refractivity contribution >= 4 is 23.5 Å². The molecule has 0 heterocycles. The van der Waals surface area contributed by atoms with E-state index in [0.717, 1.165) is 36.8 Å². The van der Waals surface area contributed by atoms with E-state index in [9.17, 15) is 9.59 Å². The molecule has 1 rings (SSSR count). The highest BCUT2D eigenvalue weighted by Crippen LogP contribution is 2.30. The first-order valence-electron chi connectivity index (χ1n) is 10.9. The molecule has 0 saturated carbocycles. The van der Waals surface area contributed by atoms with E-state index in [1.807, 2.05) is 13.8 Å². The van der Waals surface area contributed by atoms with Crippen molar-refractivity contribution < 1.29 is 19.1 Å². The van der Waals surface area contributed by atoms with Crippen LogP contribution in [-0.4, -0.2) is 25.2 Å². The molecule has 0 bridgehead atoms. The summed E-state index contributed by atoms with van der Waals surface area (Å²) < 4.78 is 11.0. The molecule has 1 aromatic rings. The monoisotopic (exact) mass is 424 g/mol. The summed E-state index contributed by atoms with van der Waals surface area (Å²) in [6.07, 6.45) is 4.83. The standard InChI is InChI=1S/C24H37ClO4/c1-7-18-19(8-2)22(24(27)29-14-10-12-17(5)6)20(15-21(18)25)23(26)28-13-9-11-16(3)4/h15-17H,7-14H2,1-6H3. The van der Waals surface area contributed by atoms with E-state index in [4.69, 9.17) is 21.1 Å². The van der Waals surface area contributed by atoms with Crippen LogP contribution < -0.4 is 0 Å². The molecular formula is C24H37ClO4. The van der Waals surface area contributed by atoms with E-state index in [1.165, 1.54) is 0 Å². The molecule has 164 valence electrons. The van der Waals surface area contributed by atoms with Gasteiger partial charge in [-0.1, -0.05) is 53.1 Å². The molecule has 0 spiro atoms. The number of carbonyl (C=O) groups excluding carboxylic acids is 2. The highest BCUT2D eigenvalue weighted by Gasteiger charge is 2.26. The summed E-state index contributed by atoms with van der Waals surface area (Å²) in [7, 11) is 0. The predicted octanol–water partition coefficient (Wildman–Crippen LogP) is 6.65. The summed E-state index contributed by atoms with van der Waals surface area (Å²) in [5, 5.41) is 0.495. The molecule has 5 heteroatoms. The van der Waals surface area contributed by atoms with E-state index < -0.39 is 11.9 Å². The van der Waals surface area contributed by atoms with Crippen LogP contribution in [0.25, 0.3) is 0 Å². The number of hydrogen-bond acceptors (Lipinski definition) is 4. The third-order valence-electron chi connectivity index (χ3n) is 4.94. The number of ether oxygens (including phenoxy) is 2. The van der Waals surface area contributed by atoms with Gasteiger partial charge in [0.05, 0.1) is 24.3 Å². The van der Waals surface area contributed by atoms with E-state index >= 15 is 0 Å². The second kappa shape index (κ2) is 12.9. The average Bonchev–Trinajstić information content (AvgIpc) is 2.66. The third kappa shape index (κ3) is 8.00. The van der Waals surface area contributed by atoms with Gasteiger partial charge in [-0.25, -0.2) is 9.59 Å². The first-order chi connectivity index (χ1) is 13.7. The van der Waals surface area contributed by atoms with Crippen LogP contribution in [0.15, 0.2) is 6.07 Å². The van der Waals surface area contributed by atoms with Gasteiger partial charge in [-0.3, -0.25) is 0 Å². The Morgan fingerprint density at radius 1 is 0.862 bits per heavy atom. The summed E-state index contributed by atoms with van der Waals surface area (Å²) in [5.74, 6) is 0.127. The van der Waals surface area contributed by atoms with Gasteiger partial charge in [-0.15, -0.1) is 0 Å². The van der Waals surface area contributed by atoms with Gasteiger partial charge in [-0.05, 0) is 67.6 Å². The van der Waals surface area contributed by atoms with E-state index in [0.29, 0.717) is 48.5 Å². The van der Waals surface area contributed by atoms with Crippen LogP contribution in [0.3, 0.4) is 0 Å². The molecule has 0 atom stereocenters. The van der Waals surface area contributed by atoms with Crippen LogP contribution in [0.1, 0.15) is 99.1 Å².